The number of ether oxygens (including phenoxy) is 1. The molecule has 1 aromatic carbocycles. The first kappa shape index (κ1) is 23.6. The molecule has 9 heteroatoms. The fourth-order valence-electron chi connectivity index (χ4n) is 3.90. The van der Waals surface area contributed by atoms with Crippen molar-refractivity contribution >= 4 is 17.4 Å². The number of nitrogens with zero attached hydrogens (tertiary/aromatic N) is 3. The average molecular weight is 469 g/mol. The summed E-state index contributed by atoms with van der Waals surface area (Å²) in [7, 11) is 1.73. The van der Waals surface area contributed by atoms with Crippen molar-refractivity contribution in [2.75, 3.05) is 36.5 Å². The predicted octanol–water partition coefficient (Wildman–Crippen LogP) is 3.96. The Morgan fingerprint density at radius 1 is 1.15 bits per heavy atom. The van der Waals surface area contributed by atoms with Gasteiger partial charge in [0.1, 0.15) is 5.82 Å². The second kappa shape index (κ2) is 9.34. The summed E-state index contributed by atoms with van der Waals surface area (Å²) in [6.07, 6.45) is 1.50. The largest absolute Gasteiger partial charge is 0.378 e. The lowest BCUT2D eigenvalue weighted by atomic mass is 10.0. The van der Waals surface area contributed by atoms with Gasteiger partial charge < -0.3 is 15.0 Å². The molecule has 1 aliphatic heterocycles. The van der Waals surface area contributed by atoms with E-state index >= 15 is 0 Å². The second-order valence-corrected chi connectivity index (χ2v) is 8.38. The standard InChI is InChI=1S/C25H26F2N4O3/c1-16-21(18-12-22(30(3)23(32)13-18)31-7-9-34-10-8-31)14-20(15-28-16)29-24(33)17-5-4-6-19(11-17)25(2,26)27/h4-6,11-15H,7-10H2,1-3H3,(H,29,33). The lowest BCUT2D eigenvalue weighted by Gasteiger charge is -2.30. The molecule has 7 nitrogen and oxygen atoms in total. The summed E-state index contributed by atoms with van der Waals surface area (Å²) in [6, 6.07) is 10.5. The molecule has 1 fully saturated rings. The van der Waals surface area contributed by atoms with Crippen molar-refractivity contribution in [1.29, 1.82) is 0 Å². The van der Waals surface area contributed by atoms with Crippen LogP contribution in [0.5, 0.6) is 0 Å². The molecule has 1 saturated heterocycles. The number of aromatic nitrogens is 2. The normalized spacial score (nSPS) is 14.2. The Balaban J connectivity index is 1.65. The Bertz CT molecular complexity index is 1280. The van der Waals surface area contributed by atoms with Crippen LogP contribution in [0.25, 0.3) is 11.1 Å². The van der Waals surface area contributed by atoms with E-state index in [0.29, 0.717) is 48.8 Å². The summed E-state index contributed by atoms with van der Waals surface area (Å²) in [6.45, 7) is 5.15. The quantitative estimate of drug-likeness (QED) is 0.614. The zero-order valence-electron chi connectivity index (χ0n) is 19.3. The number of benzene rings is 1. The van der Waals surface area contributed by atoms with E-state index in [4.69, 9.17) is 4.74 Å². The van der Waals surface area contributed by atoms with Crippen molar-refractivity contribution in [3.63, 3.8) is 0 Å². The SMILES string of the molecule is Cc1ncc(NC(=O)c2cccc(C(C)(F)F)c2)cc1-c1cc(N2CCOCC2)n(C)c(=O)c1. The van der Waals surface area contributed by atoms with Crippen LogP contribution in [-0.2, 0) is 17.7 Å². The molecule has 0 atom stereocenters. The summed E-state index contributed by atoms with van der Waals surface area (Å²) in [5, 5.41) is 2.72. The number of nitrogens with one attached hydrogen (secondary N) is 1. The molecule has 0 saturated carbocycles. The fraction of sp³-hybridized carbons (Fsp3) is 0.320. The van der Waals surface area contributed by atoms with Gasteiger partial charge in [0, 0.05) is 55.5 Å². The zero-order valence-corrected chi connectivity index (χ0v) is 19.3. The number of aryl methyl sites for hydroxylation is 1. The smallest absolute Gasteiger partial charge is 0.270 e. The fourth-order valence-corrected chi connectivity index (χ4v) is 3.90. The number of anilines is 2. The van der Waals surface area contributed by atoms with Gasteiger partial charge >= 0.3 is 0 Å². The Morgan fingerprint density at radius 2 is 1.88 bits per heavy atom. The van der Waals surface area contributed by atoms with Gasteiger partial charge in [-0.05, 0) is 36.8 Å². The van der Waals surface area contributed by atoms with Gasteiger partial charge in [0.05, 0.1) is 25.1 Å². The van der Waals surface area contributed by atoms with Crippen molar-refractivity contribution in [3.8, 4) is 11.1 Å². The van der Waals surface area contributed by atoms with Crippen molar-refractivity contribution in [1.82, 2.24) is 9.55 Å². The van der Waals surface area contributed by atoms with Crippen LogP contribution in [0.1, 0.15) is 28.5 Å². The van der Waals surface area contributed by atoms with Gasteiger partial charge in [0.15, 0.2) is 0 Å². The number of pyridine rings is 2. The molecule has 4 rings (SSSR count). The van der Waals surface area contributed by atoms with Gasteiger partial charge in [-0.2, -0.15) is 0 Å². The van der Waals surface area contributed by atoms with Crippen molar-refractivity contribution in [3.05, 3.63) is 75.8 Å². The second-order valence-electron chi connectivity index (χ2n) is 8.38. The van der Waals surface area contributed by atoms with Gasteiger partial charge in [0.2, 0.25) is 0 Å². The molecule has 3 aromatic rings. The molecule has 1 N–H and O–H groups in total. The first-order valence-corrected chi connectivity index (χ1v) is 10.9. The first-order valence-electron chi connectivity index (χ1n) is 10.9. The van der Waals surface area contributed by atoms with E-state index in [0.717, 1.165) is 12.7 Å². The van der Waals surface area contributed by atoms with Crippen LogP contribution in [0.4, 0.5) is 20.3 Å². The first-order chi connectivity index (χ1) is 16.1. The third-order valence-electron chi connectivity index (χ3n) is 5.86. The Labute approximate surface area is 196 Å². The van der Waals surface area contributed by atoms with Crippen LogP contribution in [0.15, 0.2) is 53.5 Å². The van der Waals surface area contributed by atoms with Gasteiger partial charge in [-0.15, -0.1) is 0 Å². The third-order valence-corrected chi connectivity index (χ3v) is 5.86. The lowest BCUT2D eigenvalue weighted by Crippen LogP contribution is -2.39. The molecular weight excluding hydrogens is 442 g/mol. The number of halogens is 2. The highest BCUT2D eigenvalue weighted by molar-refractivity contribution is 6.04. The summed E-state index contributed by atoms with van der Waals surface area (Å²) >= 11 is 0. The van der Waals surface area contributed by atoms with E-state index in [1.165, 1.54) is 36.5 Å². The molecule has 2 aromatic heterocycles. The zero-order chi connectivity index (χ0) is 24.5. The summed E-state index contributed by atoms with van der Waals surface area (Å²) < 4.78 is 34.3. The van der Waals surface area contributed by atoms with Crippen molar-refractivity contribution in [2.45, 2.75) is 19.8 Å². The number of alkyl halides is 2. The van der Waals surface area contributed by atoms with E-state index in [1.54, 1.807) is 17.7 Å². The molecule has 0 radical (unpaired) electrons. The number of amides is 1. The molecule has 0 spiro atoms. The number of carbonyl (C=O) groups excluding carboxylic acids is 1. The van der Waals surface area contributed by atoms with Crippen molar-refractivity contribution in [2.24, 2.45) is 7.05 Å². The third kappa shape index (κ3) is 4.99. The van der Waals surface area contributed by atoms with E-state index in [-0.39, 0.29) is 16.7 Å². The van der Waals surface area contributed by atoms with Gasteiger partial charge in [0.25, 0.3) is 17.4 Å². The molecule has 178 valence electrons. The van der Waals surface area contributed by atoms with Crippen LogP contribution in [-0.4, -0.2) is 41.8 Å². The molecule has 1 amide bonds. The maximum atomic E-state index is 13.7. The maximum Gasteiger partial charge on any atom is 0.270 e. The van der Waals surface area contributed by atoms with Crippen LogP contribution in [0.3, 0.4) is 0 Å². The van der Waals surface area contributed by atoms with E-state index < -0.39 is 11.8 Å². The molecule has 0 bridgehead atoms. The number of hydrogen-bond donors (Lipinski definition) is 1. The van der Waals surface area contributed by atoms with Crippen LogP contribution >= 0.6 is 0 Å². The molecular formula is C25H26F2N4O3. The number of rotatable bonds is 5. The molecule has 34 heavy (non-hydrogen) atoms. The average Bonchev–Trinajstić information content (AvgIpc) is 2.82. The lowest BCUT2D eigenvalue weighted by molar-refractivity contribution is 0.0174. The molecule has 3 heterocycles. The minimum atomic E-state index is -3.05. The minimum absolute atomic E-state index is 0.115. The number of hydrogen-bond acceptors (Lipinski definition) is 5. The predicted molar refractivity (Wildman–Crippen MR) is 127 cm³/mol. The Hall–Kier alpha value is -3.59. The highest BCUT2D eigenvalue weighted by Crippen LogP contribution is 2.29. The van der Waals surface area contributed by atoms with E-state index in [9.17, 15) is 18.4 Å². The number of morpholine rings is 1. The topological polar surface area (TPSA) is 76.5 Å². The van der Waals surface area contributed by atoms with Gasteiger partial charge in [-0.25, -0.2) is 8.78 Å². The van der Waals surface area contributed by atoms with E-state index in [1.807, 2.05) is 13.0 Å². The summed E-state index contributed by atoms with van der Waals surface area (Å²) in [4.78, 5) is 31.9. The van der Waals surface area contributed by atoms with Crippen LogP contribution in [0, 0.1) is 6.92 Å². The Kier molecular flexibility index (Phi) is 6.47. The molecule has 1 aliphatic rings. The highest BCUT2D eigenvalue weighted by Gasteiger charge is 2.25. The van der Waals surface area contributed by atoms with Crippen LogP contribution in [0.2, 0.25) is 0 Å². The van der Waals surface area contributed by atoms with Crippen molar-refractivity contribution < 1.29 is 18.3 Å². The number of carbonyl (C=O) groups is 1. The summed E-state index contributed by atoms with van der Waals surface area (Å²) in [5.41, 5.74) is 2.17. The highest BCUT2D eigenvalue weighted by atomic mass is 19.3. The molecule has 0 aliphatic carbocycles. The summed E-state index contributed by atoms with van der Waals surface area (Å²) in [5.74, 6) is -2.80. The van der Waals surface area contributed by atoms with Gasteiger partial charge in [-0.3, -0.25) is 19.1 Å². The van der Waals surface area contributed by atoms with E-state index in [2.05, 4.69) is 15.2 Å². The van der Waals surface area contributed by atoms with Crippen LogP contribution < -0.4 is 15.8 Å². The Morgan fingerprint density at radius 3 is 2.59 bits per heavy atom. The minimum Gasteiger partial charge on any atom is -0.378 e. The monoisotopic (exact) mass is 468 g/mol. The van der Waals surface area contributed by atoms with Gasteiger partial charge in [-0.1, -0.05) is 12.1 Å². The molecule has 0 unspecified atom stereocenters. The maximum absolute atomic E-state index is 13.7.